The van der Waals surface area contributed by atoms with Crippen LogP contribution in [-0.2, 0) is 12.0 Å². The van der Waals surface area contributed by atoms with E-state index in [1.54, 1.807) is 0 Å². The fourth-order valence-corrected chi connectivity index (χ4v) is 2.31. The molecule has 0 aliphatic heterocycles. The van der Waals surface area contributed by atoms with Crippen LogP contribution in [0.25, 0.3) is 0 Å². The number of nitrogens with zero attached hydrogens (tertiary/aromatic N) is 3. The number of hydrogen-bond donors (Lipinski definition) is 0. The molecule has 80 valence electrons. The second kappa shape index (κ2) is 4.06. The van der Waals surface area contributed by atoms with Gasteiger partial charge in [-0.15, -0.1) is 0 Å². The minimum absolute atomic E-state index is 0.355. The predicted octanol–water partition coefficient (Wildman–Crippen LogP) is 2.63. The Hall–Kier alpha value is -1.30. The summed E-state index contributed by atoms with van der Waals surface area (Å²) in [5, 5.41) is 13.7. The molecule has 1 saturated carbocycles. The van der Waals surface area contributed by atoms with Crippen molar-refractivity contribution in [1.82, 2.24) is 9.78 Å². The first-order valence-corrected chi connectivity index (χ1v) is 5.76. The quantitative estimate of drug-likeness (QED) is 0.741. The molecule has 1 aliphatic carbocycles. The molecule has 0 N–H and O–H groups in total. The molecular formula is C12H17N3. The second-order valence-electron chi connectivity index (χ2n) is 4.35. The summed E-state index contributed by atoms with van der Waals surface area (Å²) in [5.41, 5.74) is 0.862. The molecule has 3 heteroatoms. The molecule has 1 fully saturated rings. The van der Waals surface area contributed by atoms with Gasteiger partial charge in [0, 0.05) is 6.20 Å². The van der Waals surface area contributed by atoms with Crippen molar-refractivity contribution >= 4 is 0 Å². The van der Waals surface area contributed by atoms with E-state index in [9.17, 15) is 5.26 Å². The first-order chi connectivity index (χ1) is 7.30. The molecule has 1 aliphatic rings. The molecule has 1 aromatic heterocycles. The zero-order valence-electron chi connectivity index (χ0n) is 9.24. The van der Waals surface area contributed by atoms with Crippen LogP contribution >= 0.6 is 0 Å². The molecule has 0 aromatic carbocycles. The van der Waals surface area contributed by atoms with Gasteiger partial charge in [0.2, 0.25) is 0 Å². The molecule has 0 spiro atoms. The van der Waals surface area contributed by atoms with Gasteiger partial charge in [-0.25, -0.2) is 0 Å². The molecule has 0 bridgehead atoms. The van der Waals surface area contributed by atoms with Crippen LogP contribution in [0.5, 0.6) is 0 Å². The van der Waals surface area contributed by atoms with Crippen molar-refractivity contribution in [1.29, 1.82) is 5.26 Å². The van der Waals surface area contributed by atoms with Crippen molar-refractivity contribution in [2.75, 3.05) is 0 Å². The van der Waals surface area contributed by atoms with Crippen molar-refractivity contribution < 1.29 is 0 Å². The van der Waals surface area contributed by atoms with E-state index in [4.69, 9.17) is 0 Å². The molecule has 0 unspecified atom stereocenters. The Bertz CT molecular complexity index is 366. The van der Waals surface area contributed by atoms with E-state index in [1.165, 1.54) is 12.0 Å². The third-order valence-corrected chi connectivity index (χ3v) is 3.37. The summed E-state index contributed by atoms with van der Waals surface area (Å²) in [6.07, 6.45) is 10.4. The van der Waals surface area contributed by atoms with Crippen molar-refractivity contribution in [3.63, 3.8) is 0 Å². The lowest BCUT2D eigenvalue weighted by Gasteiger charge is -2.30. The van der Waals surface area contributed by atoms with E-state index < -0.39 is 0 Å². The monoisotopic (exact) mass is 203 g/mol. The Labute approximate surface area is 90.7 Å². The smallest absolute Gasteiger partial charge is 0.148 e. The fourth-order valence-electron chi connectivity index (χ4n) is 2.31. The van der Waals surface area contributed by atoms with E-state index in [-0.39, 0.29) is 5.54 Å². The van der Waals surface area contributed by atoms with E-state index >= 15 is 0 Å². The summed E-state index contributed by atoms with van der Waals surface area (Å²) >= 11 is 0. The molecular weight excluding hydrogens is 186 g/mol. The van der Waals surface area contributed by atoms with Gasteiger partial charge >= 0.3 is 0 Å². The van der Waals surface area contributed by atoms with Crippen LogP contribution in [0, 0.1) is 11.3 Å². The number of nitriles is 1. The Kier molecular flexibility index (Phi) is 2.77. The average Bonchev–Trinajstić information content (AvgIpc) is 2.79. The zero-order chi connectivity index (χ0) is 10.7. The predicted molar refractivity (Wildman–Crippen MR) is 58.3 cm³/mol. The number of rotatable bonds is 2. The summed E-state index contributed by atoms with van der Waals surface area (Å²) in [4.78, 5) is 0. The standard InChI is InChI=1S/C12H17N3/c1-2-11-8-14-15(9-11)12(10-13)6-4-3-5-7-12/h8-9H,2-7H2,1H3. The molecule has 0 atom stereocenters. The van der Waals surface area contributed by atoms with Gasteiger partial charge in [0.15, 0.2) is 0 Å². The molecule has 15 heavy (non-hydrogen) atoms. The largest absolute Gasteiger partial charge is 0.252 e. The van der Waals surface area contributed by atoms with Crippen molar-refractivity contribution in [3.8, 4) is 6.07 Å². The number of aromatic nitrogens is 2. The number of hydrogen-bond acceptors (Lipinski definition) is 2. The molecule has 0 saturated heterocycles. The zero-order valence-corrected chi connectivity index (χ0v) is 9.24. The summed E-state index contributed by atoms with van der Waals surface area (Å²) in [6.45, 7) is 2.11. The molecule has 1 heterocycles. The number of aryl methyl sites for hydroxylation is 1. The van der Waals surface area contributed by atoms with E-state index in [0.29, 0.717) is 0 Å². The maximum absolute atomic E-state index is 9.37. The minimum Gasteiger partial charge on any atom is -0.252 e. The highest BCUT2D eigenvalue weighted by atomic mass is 15.3. The van der Waals surface area contributed by atoms with E-state index in [2.05, 4.69) is 18.1 Å². The highest BCUT2D eigenvalue weighted by Crippen LogP contribution is 2.33. The van der Waals surface area contributed by atoms with Gasteiger partial charge in [-0.1, -0.05) is 13.3 Å². The van der Waals surface area contributed by atoms with Crippen molar-refractivity contribution in [2.24, 2.45) is 0 Å². The van der Waals surface area contributed by atoms with Gasteiger partial charge in [0.1, 0.15) is 5.54 Å². The van der Waals surface area contributed by atoms with Crippen LogP contribution in [0.1, 0.15) is 44.6 Å². The summed E-state index contributed by atoms with van der Waals surface area (Å²) < 4.78 is 1.89. The Morgan fingerprint density at radius 1 is 1.47 bits per heavy atom. The first-order valence-electron chi connectivity index (χ1n) is 5.76. The molecule has 2 rings (SSSR count). The Balaban J connectivity index is 2.29. The minimum atomic E-state index is -0.355. The van der Waals surface area contributed by atoms with Gasteiger partial charge in [0.25, 0.3) is 0 Å². The molecule has 0 radical (unpaired) electrons. The Morgan fingerprint density at radius 2 is 2.20 bits per heavy atom. The summed E-state index contributed by atoms with van der Waals surface area (Å²) in [7, 11) is 0. The Morgan fingerprint density at radius 3 is 2.73 bits per heavy atom. The van der Waals surface area contributed by atoms with Gasteiger partial charge in [-0.2, -0.15) is 10.4 Å². The molecule has 1 aromatic rings. The van der Waals surface area contributed by atoms with Crippen LogP contribution in [0.4, 0.5) is 0 Å². The van der Waals surface area contributed by atoms with Crippen molar-refractivity contribution in [3.05, 3.63) is 18.0 Å². The van der Waals surface area contributed by atoms with Gasteiger partial charge in [-0.05, 0) is 37.7 Å². The van der Waals surface area contributed by atoms with Gasteiger partial charge in [0.05, 0.1) is 12.3 Å². The molecule has 3 nitrogen and oxygen atoms in total. The van der Waals surface area contributed by atoms with E-state index in [0.717, 1.165) is 32.1 Å². The maximum atomic E-state index is 9.37. The second-order valence-corrected chi connectivity index (χ2v) is 4.35. The normalized spacial score (nSPS) is 19.7. The highest BCUT2D eigenvalue weighted by molar-refractivity contribution is 5.11. The van der Waals surface area contributed by atoms with Crippen LogP contribution < -0.4 is 0 Å². The van der Waals surface area contributed by atoms with Gasteiger partial charge < -0.3 is 0 Å². The first kappa shape index (κ1) is 10.2. The topological polar surface area (TPSA) is 41.6 Å². The van der Waals surface area contributed by atoms with Crippen LogP contribution in [0.3, 0.4) is 0 Å². The SMILES string of the molecule is CCc1cnn(C2(C#N)CCCCC2)c1. The lowest BCUT2D eigenvalue weighted by Crippen LogP contribution is -2.34. The molecule has 0 amide bonds. The van der Waals surface area contributed by atoms with E-state index in [1.807, 2.05) is 17.1 Å². The van der Waals surface area contributed by atoms with Crippen LogP contribution in [0.2, 0.25) is 0 Å². The lowest BCUT2D eigenvalue weighted by atomic mass is 9.83. The third-order valence-electron chi connectivity index (χ3n) is 3.37. The maximum Gasteiger partial charge on any atom is 0.148 e. The summed E-state index contributed by atoms with van der Waals surface area (Å²) in [5.74, 6) is 0. The van der Waals surface area contributed by atoms with Gasteiger partial charge in [-0.3, -0.25) is 4.68 Å². The average molecular weight is 203 g/mol. The van der Waals surface area contributed by atoms with Crippen LogP contribution in [0.15, 0.2) is 12.4 Å². The van der Waals surface area contributed by atoms with Crippen LogP contribution in [-0.4, -0.2) is 9.78 Å². The van der Waals surface area contributed by atoms with Crippen molar-refractivity contribution in [2.45, 2.75) is 51.0 Å². The highest BCUT2D eigenvalue weighted by Gasteiger charge is 2.34. The lowest BCUT2D eigenvalue weighted by molar-refractivity contribution is 0.244. The fraction of sp³-hybridized carbons (Fsp3) is 0.667. The summed E-state index contributed by atoms with van der Waals surface area (Å²) in [6, 6.07) is 2.47. The third kappa shape index (κ3) is 1.77.